The lowest BCUT2D eigenvalue weighted by Crippen LogP contribution is -2.00. The predicted octanol–water partition coefficient (Wildman–Crippen LogP) is 3.44. The van der Waals surface area contributed by atoms with Crippen LogP contribution in [-0.4, -0.2) is 6.10 Å². The molecule has 62 valence electrons. The smallest absolute Gasteiger partial charge is 0.0813 e. The highest BCUT2D eigenvalue weighted by Gasteiger charge is 1.98. The SMILES string of the molecule is CC(C)OCc1ccc(Br)s1. The molecule has 0 aliphatic rings. The van der Waals surface area contributed by atoms with Crippen LogP contribution in [0.15, 0.2) is 15.9 Å². The van der Waals surface area contributed by atoms with Gasteiger partial charge in [0.05, 0.1) is 16.5 Å². The molecule has 11 heavy (non-hydrogen) atoms. The molecule has 0 aliphatic carbocycles. The van der Waals surface area contributed by atoms with E-state index in [-0.39, 0.29) is 0 Å². The van der Waals surface area contributed by atoms with Gasteiger partial charge in [0.1, 0.15) is 0 Å². The van der Waals surface area contributed by atoms with E-state index >= 15 is 0 Å². The molecule has 1 aromatic heterocycles. The van der Waals surface area contributed by atoms with Gasteiger partial charge in [-0.3, -0.25) is 0 Å². The van der Waals surface area contributed by atoms with E-state index < -0.39 is 0 Å². The van der Waals surface area contributed by atoms with Crippen molar-refractivity contribution in [1.29, 1.82) is 0 Å². The van der Waals surface area contributed by atoms with Gasteiger partial charge in [-0.15, -0.1) is 11.3 Å². The topological polar surface area (TPSA) is 9.23 Å². The molecule has 3 heteroatoms. The van der Waals surface area contributed by atoms with Crippen molar-refractivity contribution in [2.75, 3.05) is 0 Å². The van der Waals surface area contributed by atoms with Gasteiger partial charge in [0.25, 0.3) is 0 Å². The molecule has 1 aromatic rings. The third-order valence-electron chi connectivity index (χ3n) is 1.19. The minimum atomic E-state index is 0.316. The van der Waals surface area contributed by atoms with Crippen LogP contribution < -0.4 is 0 Å². The highest BCUT2D eigenvalue weighted by Crippen LogP contribution is 2.22. The summed E-state index contributed by atoms with van der Waals surface area (Å²) in [5.41, 5.74) is 0. The van der Waals surface area contributed by atoms with Gasteiger partial charge >= 0.3 is 0 Å². The number of hydrogen-bond donors (Lipinski definition) is 0. The molecule has 1 rings (SSSR count). The monoisotopic (exact) mass is 234 g/mol. The quantitative estimate of drug-likeness (QED) is 0.779. The standard InChI is InChI=1S/C8H11BrOS/c1-6(2)10-5-7-3-4-8(9)11-7/h3-4,6H,5H2,1-2H3. The van der Waals surface area contributed by atoms with Crippen molar-refractivity contribution >= 4 is 27.3 Å². The van der Waals surface area contributed by atoms with Crippen molar-refractivity contribution in [3.05, 3.63) is 20.8 Å². The summed E-state index contributed by atoms with van der Waals surface area (Å²) in [6, 6.07) is 4.13. The molecule has 0 aliphatic heterocycles. The first-order valence-corrected chi connectivity index (χ1v) is 5.15. The lowest BCUT2D eigenvalue weighted by atomic mass is 10.4. The van der Waals surface area contributed by atoms with E-state index in [0.29, 0.717) is 6.10 Å². The summed E-state index contributed by atoms with van der Waals surface area (Å²) < 4.78 is 6.60. The van der Waals surface area contributed by atoms with Crippen molar-refractivity contribution in [3.8, 4) is 0 Å². The van der Waals surface area contributed by atoms with Crippen LogP contribution in [0.4, 0.5) is 0 Å². The summed E-state index contributed by atoms with van der Waals surface area (Å²) in [7, 11) is 0. The number of ether oxygens (including phenoxy) is 1. The molecule has 1 nitrogen and oxygen atoms in total. The van der Waals surface area contributed by atoms with E-state index in [1.54, 1.807) is 11.3 Å². The Morgan fingerprint density at radius 2 is 2.27 bits per heavy atom. The summed E-state index contributed by atoms with van der Waals surface area (Å²) in [5.74, 6) is 0. The molecule has 0 saturated heterocycles. The molecule has 0 radical (unpaired) electrons. The van der Waals surface area contributed by atoms with Gasteiger partial charge < -0.3 is 4.74 Å². The van der Waals surface area contributed by atoms with Gasteiger partial charge in [0, 0.05) is 4.88 Å². The second-order valence-electron chi connectivity index (χ2n) is 2.57. The zero-order valence-corrected chi connectivity index (χ0v) is 9.04. The van der Waals surface area contributed by atoms with Crippen LogP contribution in [-0.2, 0) is 11.3 Å². The molecule has 0 aromatic carbocycles. The Bertz CT molecular complexity index is 220. The fourth-order valence-corrected chi connectivity index (χ4v) is 2.08. The second kappa shape index (κ2) is 4.24. The summed E-state index contributed by atoms with van der Waals surface area (Å²) >= 11 is 5.12. The van der Waals surface area contributed by atoms with Crippen molar-refractivity contribution in [2.24, 2.45) is 0 Å². The molecule has 0 spiro atoms. The number of thiophene rings is 1. The summed E-state index contributed by atoms with van der Waals surface area (Å²) in [6.07, 6.45) is 0.316. The predicted molar refractivity (Wildman–Crippen MR) is 51.9 cm³/mol. The Morgan fingerprint density at radius 3 is 2.73 bits per heavy atom. The zero-order chi connectivity index (χ0) is 8.27. The Hall–Kier alpha value is 0.140. The second-order valence-corrected chi connectivity index (χ2v) is 5.11. The summed E-state index contributed by atoms with van der Waals surface area (Å²) in [6.45, 7) is 4.82. The third kappa shape index (κ3) is 3.36. The van der Waals surface area contributed by atoms with Crippen molar-refractivity contribution in [1.82, 2.24) is 0 Å². The van der Waals surface area contributed by atoms with Crippen molar-refractivity contribution in [3.63, 3.8) is 0 Å². The lowest BCUT2D eigenvalue weighted by Gasteiger charge is -2.04. The Morgan fingerprint density at radius 1 is 1.55 bits per heavy atom. The molecule has 0 atom stereocenters. The number of halogens is 1. The average molecular weight is 235 g/mol. The van der Waals surface area contributed by atoms with Crippen LogP contribution in [0, 0.1) is 0 Å². The molecule has 0 N–H and O–H groups in total. The van der Waals surface area contributed by atoms with Crippen LogP contribution in [0.25, 0.3) is 0 Å². The molecule has 0 fully saturated rings. The maximum Gasteiger partial charge on any atom is 0.0813 e. The molecule has 0 saturated carbocycles. The Labute approximate surface area is 79.5 Å². The third-order valence-corrected chi connectivity index (χ3v) is 2.78. The van der Waals surface area contributed by atoms with Crippen LogP contribution >= 0.6 is 27.3 Å². The zero-order valence-electron chi connectivity index (χ0n) is 6.63. The van der Waals surface area contributed by atoms with E-state index in [1.807, 2.05) is 19.9 Å². The first kappa shape index (κ1) is 9.23. The van der Waals surface area contributed by atoms with E-state index in [9.17, 15) is 0 Å². The summed E-state index contributed by atoms with van der Waals surface area (Å²) in [5, 5.41) is 0. The first-order chi connectivity index (χ1) is 5.18. The molecule has 1 heterocycles. The molecule has 0 amide bonds. The van der Waals surface area contributed by atoms with Gasteiger partial charge in [0.2, 0.25) is 0 Å². The first-order valence-electron chi connectivity index (χ1n) is 3.54. The van der Waals surface area contributed by atoms with E-state index in [0.717, 1.165) is 6.61 Å². The number of hydrogen-bond acceptors (Lipinski definition) is 2. The van der Waals surface area contributed by atoms with Gasteiger partial charge in [-0.05, 0) is 41.9 Å². The molecule has 0 unspecified atom stereocenters. The largest absolute Gasteiger partial charge is 0.373 e. The van der Waals surface area contributed by atoms with Gasteiger partial charge in [0.15, 0.2) is 0 Å². The highest BCUT2D eigenvalue weighted by molar-refractivity contribution is 9.11. The van der Waals surface area contributed by atoms with Gasteiger partial charge in [-0.1, -0.05) is 0 Å². The van der Waals surface area contributed by atoms with E-state index in [4.69, 9.17) is 4.74 Å². The normalized spacial score (nSPS) is 10.9. The number of rotatable bonds is 3. The molecule has 0 bridgehead atoms. The van der Waals surface area contributed by atoms with Crippen LogP contribution in [0.2, 0.25) is 0 Å². The van der Waals surface area contributed by atoms with E-state index in [2.05, 4.69) is 22.0 Å². The lowest BCUT2D eigenvalue weighted by molar-refractivity contribution is 0.0674. The minimum absolute atomic E-state index is 0.316. The van der Waals surface area contributed by atoms with Crippen LogP contribution in [0.3, 0.4) is 0 Å². The van der Waals surface area contributed by atoms with Gasteiger partial charge in [-0.2, -0.15) is 0 Å². The molecular formula is C8H11BrOS. The van der Waals surface area contributed by atoms with Gasteiger partial charge in [-0.25, -0.2) is 0 Å². The maximum absolute atomic E-state index is 5.43. The Kier molecular flexibility index (Phi) is 3.55. The van der Waals surface area contributed by atoms with Crippen molar-refractivity contribution < 1.29 is 4.74 Å². The fraction of sp³-hybridized carbons (Fsp3) is 0.500. The van der Waals surface area contributed by atoms with E-state index in [1.165, 1.54) is 8.66 Å². The van der Waals surface area contributed by atoms with Crippen LogP contribution in [0.5, 0.6) is 0 Å². The fourth-order valence-electron chi connectivity index (χ4n) is 0.678. The van der Waals surface area contributed by atoms with Crippen LogP contribution in [0.1, 0.15) is 18.7 Å². The highest BCUT2D eigenvalue weighted by atomic mass is 79.9. The summed E-state index contributed by atoms with van der Waals surface area (Å²) in [4.78, 5) is 1.27. The minimum Gasteiger partial charge on any atom is -0.373 e. The maximum atomic E-state index is 5.43. The van der Waals surface area contributed by atoms with Crippen molar-refractivity contribution in [2.45, 2.75) is 26.6 Å². The Balaban J connectivity index is 2.39. The molecular weight excluding hydrogens is 224 g/mol. The average Bonchev–Trinajstić information content (AvgIpc) is 2.31.